The summed E-state index contributed by atoms with van der Waals surface area (Å²) in [6.45, 7) is 3.20. The van der Waals surface area contributed by atoms with E-state index < -0.39 is 0 Å². The number of hydrogen-bond donors (Lipinski definition) is 1. The van der Waals surface area contributed by atoms with Crippen molar-refractivity contribution in [3.8, 4) is 12.3 Å². The first kappa shape index (κ1) is 11.3. The van der Waals surface area contributed by atoms with Crippen molar-refractivity contribution in [1.29, 1.82) is 0 Å². The molecule has 1 amide bonds. The Balaban J connectivity index is 2.52. The number of unbranched alkanes of at least 4 members (excludes halogenated alkanes) is 1. The van der Waals surface area contributed by atoms with E-state index in [1.54, 1.807) is 16.9 Å². The predicted octanol–water partition coefficient (Wildman–Crippen LogP) is 1.05. The first-order valence-corrected chi connectivity index (χ1v) is 5.03. The molecule has 4 heteroatoms. The van der Waals surface area contributed by atoms with E-state index in [2.05, 4.69) is 23.3 Å². The lowest BCUT2D eigenvalue weighted by molar-refractivity contribution is 0.0953. The van der Waals surface area contributed by atoms with Crippen LogP contribution in [-0.2, 0) is 6.54 Å². The number of nitrogens with one attached hydrogen (secondary N) is 1. The Bertz CT molecular complexity index is 362. The minimum atomic E-state index is -0.219. The Hall–Kier alpha value is -1.76. The number of amides is 1. The van der Waals surface area contributed by atoms with E-state index in [0.29, 0.717) is 5.69 Å². The topological polar surface area (TPSA) is 46.9 Å². The van der Waals surface area contributed by atoms with Gasteiger partial charge in [-0.3, -0.25) is 9.48 Å². The van der Waals surface area contributed by atoms with Crippen LogP contribution in [-0.4, -0.2) is 22.2 Å². The van der Waals surface area contributed by atoms with Crippen LogP contribution in [0.2, 0.25) is 0 Å². The summed E-state index contributed by atoms with van der Waals surface area (Å²) in [5.41, 5.74) is 0.418. The largest absolute Gasteiger partial charge is 0.340 e. The van der Waals surface area contributed by atoms with Gasteiger partial charge in [-0.05, 0) is 12.5 Å². The highest BCUT2D eigenvalue weighted by Crippen LogP contribution is 1.98. The maximum absolute atomic E-state index is 11.4. The molecule has 1 heterocycles. The van der Waals surface area contributed by atoms with Gasteiger partial charge >= 0.3 is 0 Å². The zero-order valence-corrected chi connectivity index (χ0v) is 8.86. The third-order valence-electron chi connectivity index (χ3n) is 1.97. The number of nitrogens with zero attached hydrogens (tertiary/aromatic N) is 2. The van der Waals surface area contributed by atoms with Crippen molar-refractivity contribution in [3.05, 3.63) is 18.0 Å². The van der Waals surface area contributed by atoms with Gasteiger partial charge in [0.05, 0.1) is 6.54 Å². The van der Waals surface area contributed by atoms with Gasteiger partial charge in [-0.1, -0.05) is 19.3 Å². The fourth-order valence-electron chi connectivity index (χ4n) is 1.15. The molecule has 0 aliphatic heterocycles. The van der Waals surface area contributed by atoms with Gasteiger partial charge in [0.2, 0.25) is 0 Å². The minimum absolute atomic E-state index is 0.219. The van der Waals surface area contributed by atoms with E-state index in [1.807, 2.05) is 0 Å². The average molecular weight is 205 g/mol. The van der Waals surface area contributed by atoms with E-state index in [-0.39, 0.29) is 12.5 Å². The third-order valence-corrected chi connectivity index (χ3v) is 1.97. The first-order chi connectivity index (χ1) is 7.27. The molecule has 0 aromatic carbocycles. The van der Waals surface area contributed by atoms with Crippen molar-refractivity contribution >= 4 is 5.91 Å². The number of carbonyl (C=O) groups excluding carboxylic acids is 1. The fraction of sp³-hybridized carbons (Fsp3) is 0.455. The molecule has 15 heavy (non-hydrogen) atoms. The van der Waals surface area contributed by atoms with Crippen LogP contribution in [0.4, 0.5) is 0 Å². The van der Waals surface area contributed by atoms with Crippen molar-refractivity contribution in [1.82, 2.24) is 15.1 Å². The van der Waals surface area contributed by atoms with Gasteiger partial charge in [0.1, 0.15) is 5.69 Å². The maximum atomic E-state index is 11.4. The van der Waals surface area contributed by atoms with Gasteiger partial charge < -0.3 is 5.32 Å². The third kappa shape index (κ3) is 3.47. The van der Waals surface area contributed by atoms with Crippen LogP contribution in [0.1, 0.15) is 30.3 Å². The zero-order chi connectivity index (χ0) is 11.1. The van der Waals surface area contributed by atoms with Crippen molar-refractivity contribution in [2.45, 2.75) is 26.3 Å². The van der Waals surface area contributed by atoms with E-state index in [0.717, 1.165) is 19.4 Å². The highest BCUT2D eigenvalue weighted by atomic mass is 16.1. The zero-order valence-electron chi connectivity index (χ0n) is 8.86. The lowest BCUT2D eigenvalue weighted by atomic mass is 10.3. The summed E-state index contributed by atoms with van der Waals surface area (Å²) in [5, 5.41) is 6.70. The molecule has 80 valence electrons. The normalized spacial score (nSPS) is 9.60. The molecule has 1 rings (SSSR count). The fourth-order valence-corrected chi connectivity index (χ4v) is 1.15. The monoisotopic (exact) mass is 205 g/mol. The Labute approximate surface area is 89.7 Å². The Kier molecular flexibility index (Phi) is 4.42. The summed E-state index contributed by atoms with van der Waals surface area (Å²) in [4.78, 5) is 11.4. The molecule has 0 saturated carbocycles. The highest BCUT2D eigenvalue weighted by molar-refractivity contribution is 5.92. The van der Waals surface area contributed by atoms with E-state index in [9.17, 15) is 4.79 Å². The SMILES string of the molecule is C#CCNC(=O)c1ccn(CCCC)n1. The smallest absolute Gasteiger partial charge is 0.272 e. The number of rotatable bonds is 5. The Morgan fingerprint density at radius 1 is 1.73 bits per heavy atom. The molecule has 0 unspecified atom stereocenters. The number of aromatic nitrogens is 2. The van der Waals surface area contributed by atoms with Crippen LogP contribution < -0.4 is 5.32 Å². The van der Waals surface area contributed by atoms with Gasteiger partial charge in [0.25, 0.3) is 5.91 Å². The van der Waals surface area contributed by atoms with Crippen LogP contribution in [0, 0.1) is 12.3 Å². The maximum Gasteiger partial charge on any atom is 0.272 e. The van der Waals surface area contributed by atoms with Crippen LogP contribution in [0.15, 0.2) is 12.3 Å². The highest BCUT2D eigenvalue weighted by Gasteiger charge is 2.07. The molecule has 1 aromatic rings. The molecule has 0 aliphatic rings. The second-order valence-electron chi connectivity index (χ2n) is 3.20. The van der Waals surface area contributed by atoms with Gasteiger partial charge in [0.15, 0.2) is 0 Å². The second-order valence-corrected chi connectivity index (χ2v) is 3.20. The Morgan fingerprint density at radius 2 is 2.53 bits per heavy atom. The first-order valence-electron chi connectivity index (χ1n) is 5.03. The molecular weight excluding hydrogens is 190 g/mol. The lowest BCUT2D eigenvalue weighted by Crippen LogP contribution is -2.24. The van der Waals surface area contributed by atoms with Gasteiger partial charge in [-0.15, -0.1) is 6.42 Å². The van der Waals surface area contributed by atoms with Gasteiger partial charge in [-0.2, -0.15) is 5.10 Å². The number of hydrogen-bond acceptors (Lipinski definition) is 2. The van der Waals surface area contributed by atoms with Crippen LogP contribution in [0.3, 0.4) is 0 Å². The summed E-state index contributed by atoms with van der Waals surface area (Å²) in [7, 11) is 0. The van der Waals surface area contributed by atoms with E-state index >= 15 is 0 Å². The van der Waals surface area contributed by atoms with E-state index in [4.69, 9.17) is 6.42 Å². The second kappa shape index (κ2) is 5.86. The minimum Gasteiger partial charge on any atom is -0.340 e. The van der Waals surface area contributed by atoms with E-state index in [1.165, 1.54) is 0 Å². The molecule has 1 aromatic heterocycles. The molecule has 0 atom stereocenters. The summed E-state index contributed by atoms with van der Waals surface area (Å²) in [6, 6.07) is 1.70. The van der Waals surface area contributed by atoms with Gasteiger partial charge in [-0.25, -0.2) is 0 Å². The van der Waals surface area contributed by atoms with Crippen molar-refractivity contribution in [2.24, 2.45) is 0 Å². The average Bonchev–Trinajstić information content (AvgIpc) is 2.71. The molecule has 1 N–H and O–H groups in total. The Morgan fingerprint density at radius 3 is 3.20 bits per heavy atom. The molecule has 0 bridgehead atoms. The van der Waals surface area contributed by atoms with Crippen LogP contribution in [0.25, 0.3) is 0 Å². The summed E-state index contributed by atoms with van der Waals surface area (Å²) in [6.07, 6.45) is 9.01. The van der Waals surface area contributed by atoms with Crippen molar-refractivity contribution < 1.29 is 4.79 Å². The number of aryl methyl sites for hydroxylation is 1. The molecule has 0 aliphatic carbocycles. The molecule has 4 nitrogen and oxygen atoms in total. The molecule has 0 fully saturated rings. The molecule has 0 saturated heterocycles. The quantitative estimate of drug-likeness (QED) is 0.730. The lowest BCUT2D eigenvalue weighted by Gasteiger charge is -1.99. The van der Waals surface area contributed by atoms with Crippen LogP contribution >= 0.6 is 0 Å². The molecule has 0 spiro atoms. The summed E-state index contributed by atoms with van der Waals surface area (Å²) >= 11 is 0. The standard InChI is InChI=1S/C11H15N3O/c1-3-5-8-14-9-6-10(13-14)11(15)12-7-4-2/h2,6,9H,3,5,7-8H2,1H3,(H,12,15). The summed E-state index contributed by atoms with van der Waals surface area (Å²) < 4.78 is 1.77. The number of terminal acetylenes is 1. The van der Waals surface area contributed by atoms with Crippen molar-refractivity contribution in [2.75, 3.05) is 6.54 Å². The van der Waals surface area contributed by atoms with Gasteiger partial charge in [0, 0.05) is 12.7 Å². The summed E-state index contributed by atoms with van der Waals surface area (Å²) in [5.74, 6) is 2.12. The number of carbonyl (C=O) groups is 1. The van der Waals surface area contributed by atoms with Crippen LogP contribution in [0.5, 0.6) is 0 Å². The predicted molar refractivity (Wildman–Crippen MR) is 58.3 cm³/mol. The molecule has 0 radical (unpaired) electrons. The van der Waals surface area contributed by atoms with Crippen molar-refractivity contribution in [3.63, 3.8) is 0 Å². The molecular formula is C11H15N3O.